The number of H-pyrrole nitrogens is 2. The fourth-order valence-electron chi connectivity index (χ4n) is 4.25. The van der Waals surface area contributed by atoms with Gasteiger partial charge in [-0.3, -0.25) is 4.98 Å². The molecule has 1 unspecified atom stereocenters. The van der Waals surface area contributed by atoms with E-state index in [1.807, 2.05) is 44.1 Å². The van der Waals surface area contributed by atoms with Crippen molar-refractivity contribution in [2.45, 2.75) is 19.4 Å². The van der Waals surface area contributed by atoms with Crippen LogP contribution >= 0.6 is 0 Å². The van der Waals surface area contributed by atoms with Gasteiger partial charge in [0.25, 0.3) is 5.95 Å². The van der Waals surface area contributed by atoms with Crippen molar-refractivity contribution in [3.8, 4) is 11.7 Å². The summed E-state index contributed by atoms with van der Waals surface area (Å²) in [4.78, 5) is 28.8. The highest BCUT2D eigenvalue weighted by atomic mass is 19.1. The second-order valence-corrected chi connectivity index (χ2v) is 9.36. The molecule has 0 aliphatic rings. The zero-order chi connectivity index (χ0) is 27.5. The third-order valence-corrected chi connectivity index (χ3v) is 6.33. The second kappa shape index (κ2) is 11.0. The smallest absolute Gasteiger partial charge is 0.350 e. The van der Waals surface area contributed by atoms with Crippen molar-refractivity contribution in [2.75, 3.05) is 38.3 Å². The minimum atomic E-state index is -0.876. The highest BCUT2D eigenvalue weighted by Gasteiger charge is 2.26. The molecule has 5 aromatic rings. The van der Waals surface area contributed by atoms with E-state index < -0.39 is 17.5 Å². The first-order chi connectivity index (χ1) is 18.8. The molecule has 5 N–H and O–H groups in total. The average molecular weight is 532 g/mol. The number of hydrogen-bond donors (Lipinski definition) is 4. The third-order valence-electron chi connectivity index (χ3n) is 6.33. The summed E-state index contributed by atoms with van der Waals surface area (Å²) in [5, 5.41) is 9.55. The monoisotopic (exact) mass is 531 g/mol. The van der Waals surface area contributed by atoms with E-state index in [0.717, 1.165) is 21.0 Å². The lowest BCUT2D eigenvalue weighted by molar-refractivity contribution is 0.251. The first kappa shape index (κ1) is 25.9. The second-order valence-electron chi connectivity index (χ2n) is 9.36. The highest BCUT2D eigenvalue weighted by Crippen LogP contribution is 2.34. The van der Waals surface area contributed by atoms with Gasteiger partial charge in [0, 0.05) is 47.2 Å². The van der Waals surface area contributed by atoms with Gasteiger partial charge in [0.15, 0.2) is 17.4 Å². The van der Waals surface area contributed by atoms with Crippen molar-refractivity contribution in [1.82, 2.24) is 34.6 Å². The molecule has 0 aliphatic carbocycles. The van der Waals surface area contributed by atoms with E-state index in [-0.39, 0.29) is 23.1 Å². The Labute approximate surface area is 223 Å². The molecule has 1 atom stereocenters. The van der Waals surface area contributed by atoms with Crippen LogP contribution in [0.15, 0.2) is 59.8 Å². The molecule has 3 aromatic heterocycles. The lowest BCUT2D eigenvalue weighted by Crippen LogP contribution is -2.21. The predicted molar refractivity (Wildman–Crippen MR) is 148 cm³/mol. The Morgan fingerprint density at radius 1 is 1.21 bits per heavy atom. The van der Waals surface area contributed by atoms with Gasteiger partial charge in [0.1, 0.15) is 18.5 Å². The Hall–Kier alpha value is -4.71. The number of aromatic amines is 2. The van der Waals surface area contributed by atoms with Crippen LogP contribution in [0.5, 0.6) is 5.75 Å². The molecule has 0 aliphatic heterocycles. The first-order valence-corrected chi connectivity index (χ1v) is 12.5. The Morgan fingerprint density at radius 2 is 2.00 bits per heavy atom. The van der Waals surface area contributed by atoms with Crippen LogP contribution in [0, 0.1) is 5.82 Å². The van der Waals surface area contributed by atoms with E-state index in [0.29, 0.717) is 31.1 Å². The molecule has 0 saturated heterocycles. The number of nitrogens with zero attached hydrogens (tertiary/aromatic N) is 5. The number of aryl methyl sites for hydroxylation is 1. The van der Waals surface area contributed by atoms with Crippen LogP contribution in [0.25, 0.3) is 16.7 Å². The lowest BCUT2D eigenvalue weighted by Gasteiger charge is -2.21. The topological polar surface area (TPSA) is 143 Å². The van der Waals surface area contributed by atoms with Crippen LogP contribution < -0.4 is 21.5 Å². The molecule has 11 nitrogen and oxygen atoms in total. The molecule has 0 fully saturated rings. The summed E-state index contributed by atoms with van der Waals surface area (Å²) in [5.41, 5.74) is 7.28. The summed E-state index contributed by atoms with van der Waals surface area (Å²) in [6.45, 7) is 2.93. The normalized spacial score (nSPS) is 12.2. The molecule has 0 amide bonds. The summed E-state index contributed by atoms with van der Waals surface area (Å²) >= 11 is 0. The van der Waals surface area contributed by atoms with Gasteiger partial charge in [-0.05, 0) is 56.4 Å². The number of anilines is 2. The highest BCUT2D eigenvalue weighted by molar-refractivity contribution is 5.94. The van der Waals surface area contributed by atoms with Crippen molar-refractivity contribution in [3.63, 3.8) is 0 Å². The van der Waals surface area contributed by atoms with Gasteiger partial charge in [-0.25, -0.2) is 19.2 Å². The number of nitrogens with one attached hydrogen (secondary N) is 3. The molecule has 0 bridgehead atoms. The number of fused-ring (bicyclic) bond motifs is 1. The predicted octanol–water partition coefficient (Wildman–Crippen LogP) is 3.26. The van der Waals surface area contributed by atoms with E-state index in [9.17, 15) is 4.79 Å². The van der Waals surface area contributed by atoms with Crippen molar-refractivity contribution in [1.29, 1.82) is 0 Å². The molecule has 2 aromatic carbocycles. The zero-order valence-corrected chi connectivity index (χ0v) is 21.9. The minimum Gasteiger partial charge on any atom is -0.489 e. The van der Waals surface area contributed by atoms with Gasteiger partial charge >= 0.3 is 5.69 Å². The largest absolute Gasteiger partial charge is 0.489 e. The van der Waals surface area contributed by atoms with E-state index in [2.05, 4.69) is 30.4 Å². The van der Waals surface area contributed by atoms with E-state index >= 15 is 4.39 Å². The van der Waals surface area contributed by atoms with Crippen molar-refractivity contribution < 1.29 is 9.13 Å². The van der Waals surface area contributed by atoms with Crippen LogP contribution in [0.3, 0.4) is 0 Å². The van der Waals surface area contributed by atoms with E-state index in [4.69, 9.17) is 10.5 Å². The van der Waals surface area contributed by atoms with Gasteiger partial charge in [0.2, 0.25) is 0 Å². The molecule has 0 radical (unpaired) electrons. The summed E-state index contributed by atoms with van der Waals surface area (Å²) in [6, 6.07) is 9.83. The summed E-state index contributed by atoms with van der Waals surface area (Å²) in [5.74, 6) is 0.443. The average Bonchev–Trinajstić information content (AvgIpc) is 3.50. The van der Waals surface area contributed by atoms with E-state index in [1.54, 1.807) is 24.4 Å². The summed E-state index contributed by atoms with van der Waals surface area (Å²) in [7, 11) is 3.84. The van der Waals surface area contributed by atoms with Crippen LogP contribution in [-0.2, 0) is 6.42 Å². The minimum absolute atomic E-state index is 0.100. The van der Waals surface area contributed by atoms with E-state index in [1.165, 1.54) is 12.4 Å². The fraction of sp³-hybridized carbons (Fsp3) is 0.259. The van der Waals surface area contributed by atoms with Gasteiger partial charge in [-0.15, -0.1) is 9.78 Å². The Balaban J connectivity index is 1.61. The number of nitrogens with two attached hydrogens (primary N) is 1. The molecular formula is C27H30FN9O2. The number of benzene rings is 2. The standard InChI is InChI=1S/C27H30FN9O2/c1-4-16-12-20(22(28)21(13-16)39-11-10-36(2)3)23(33-18-6-7-19-17(14-18)15-32-24(19)29)25-34-27(38)37(35-25)26-30-8-5-9-31-26/h5-9,12-15,23,32-33H,4,10-11,29H2,1-3H3,(H,34,35,38). The van der Waals surface area contributed by atoms with Crippen molar-refractivity contribution >= 4 is 22.3 Å². The zero-order valence-electron chi connectivity index (χ0n) is 21.9. The quantitative estimate of drug-likeness (QED) is 0.215. The number of halogens is 1. The first-order valence-electron chi connectivity index (χ1n) is 12.5. The Morgan fingerprint density at radius 3 is 2.74 bits per heavy atom. The lowest BCUT2D eigenvalue weighted by atomic mass is 10.00. The Kier molecular flexibility index (Phi) is 7.28. The van der Waals surface area contributed by atoms with Gasteiger partial charge in [-0.2, -0.15) is 0 Å². The van der Waals surface area contributed by atoms with Gasteiger partial charge < -0.3 is 25.7 Å². The maximum atomic E-state index is 16.1. The summed E-state index contributed by atoms with van der Waals surface area (Å²) < 4.78 is 23.0. The maximum Gasteiger partial charge on any atom is 0.350 e. The SMILES string of the molecule is CCc1cc(OCCN(C)C)c(F)c(C(Nc2ccc3c(N)[nH]cc3c2)c2nn(-c3ncccn3)c(=O)[nH]2)c1. The maximum absolute atomic E-state index is 16.1. The molecule has 3 heterocycles. The number of rotatable bonds is 10. The molecule has 5 rings (SSSR count). The molecule has 0 spiro atoms. The fourth-order valence-corrected chi connectivity index (χ4v) is 4.25. The number of ether oxygens (including phenoxy) is 1. The number of nitrogen functional groups attached to an aromatic ring is 1. The number of aromatic nitrogens is 6. The van der Waals surface area contributed by atoms with Crippen molar-refractivity contribution in [2.24, 2.45) is 0 Å². The Bertz CT molecular complexity index is 1640. The van der Waals surface area contributed by atoms with Crippen LogP contribution in [0.4, 0.5) is 15.9 Å². The molecule has 39 heavy (non-hydrogen) atoms. The number of hydrogen-bond acceptors (Lipinski definition) is 8. The van der Waals surface area contributed by atoms with Gasteiger partial charge in [-0.1, -0.05) is 13.0 Å². The van der Waals surface area contributed by atoms with Crippen LogP contribution in [0.2, 0.25) is 0 Å². The van der Waals surface area contributed by atoms with Gasteiger partial charge in [0.05, 0.1) is 0 Å². The number of likely N-dealkylation sites (N-methyl/N-ethyl adjacent to an activating group) is 1. The third kappa shape index (κ3) is 5.46. The van der Waals surface area contributed by atoms with Crippen molar-refractivity contribution in [3.05, 3.63) is 88.2 Å². The summed E-state index contributed by atoms with van der Waals surface area (Å²) in [6.07, 6.45) is 5.47. The molecular weight excluding hydrogens is 501 g/mol. The van der Waals surface area contributed by atoms with Crippen LogP contribution in [0.1, 0.15) is 29.9 Å². The molecule has 12 heteroatoms. The van der Waals surface area contributed by atoms with Crippen LogP contribution in [-0.4, -0.2) is 61.9 Å². The molecule has 0 saturated carbocycles. The molecule has 202 valence electrons.